The lowest BCUT2D eigenvalue weighted by atomic mass is 9.86. The van der Waals surface area contributed by atoms with E-state index in [1.807, 2.05) is 6.92 Å². The summed E-state index contributed by atoms with van der Waals surface area (Å²) < 4.78 is 29.2. The van der Waals surface area contributed by atoms with Crippen LogP contribution >= 0.6 is 0 Å². The molecular formula is C33H42FN5O6. The standard InChI is InChI=1S/C33H42FN5O6/c1-18-20-10-9-15-44-27(20)23(34)16-21(18)26-22-17-24(30(40)38-11-13-39(14-12-38)32(43)36(6)7)37(8)29(22)35-19(2)25(26)28(31(41)42)45-33(3,4)5/h16-17,28H,9-15H2,1-8H3,(H,41,42)/t28-/m0/s1. The van der Waals surface area contributed by atoms with Crippen molar-refractivity contribution >= 4 is 28.9 Å². The number of hydrogen-bond acceptors (Lipinski definition) is 6. The van der Waals surface area contributed by atoms with Crippen LogP contribution in [0.25, 0.3) is 22.2 Å². The van der Waals surface area contributed by atoms with Gasteiger partial charge in [-0.25, -0.2) is 19.0 Å². The number of aromatic nitrogens is 2. The number of nitrogens with zero attached hydrogens (tertiary/aromatic N) is 5. The van der Waals surface area contributed by atoms with Crippen LogP contribution in [0.5, 0.6) is 5.75 Å². The predicted octanol–water partition coefficient (Wildman–Crippen LogP) is 4.70. The van der Waals surface area contributed by atoms with E-state index >= 15 is 4.39 Å². The first-order chi connectivity index (χ1) is 21.1. The molecule has 0 bridgehead atoms. The number of carboxylic acids is 1. The smallest absolute Gasteiger partial charge is 0.337 e. The first kappa shape index (κ1) is 32.2. The molecule has 1 saturated heterocycles. The number of aryl methyl sites for hydroxylation is 2. The van der Waals surface area contributed by atoms with Crippen molar-refractivity contribution in [1.29, 1.82) is 0 Å². The number of piperazine rings is 1. The highest BCUT2D eigenvalue weighted by atomic mass is 19.1. The third-order valence-corrected chi connectivity index (χ3v) is 8.51. The number of rotatable bonds is 5. The van der Waals surface area contributed by atoms with Crippen LogP contribution in [-0.2, 0) is 23.0 Å². The first-order valence-electron chi connectivity index (χ1n) is 15.2. The molecule has 3 amide bonds. The van der Waals surface area contributed by atoms with Gasteiger partial charge in [-0.15, -0.1) is 0 Å². The summed E-state index contributed by atoms with van der Waals surface area (Å²) in [5.41, 5.74) is 3.20. The maximum atomic E-state index is 15.7. The van der Waals surface area contributed by atoms with Crippen molar-refractivity contribution in [2.45, 2.75) is 59.2 Å². The fourth-order valence-electron chi connectivity index (χ4n) is 6.32. The number of amides is 3. The van der Waals surface area contributed by atoms with Gasteiger partial charge in [0.1, 0.15) is 11.3 Å². The number of carbonyl (C=O) groups excluding carboxylic acids is 2. The normalized spacial score (nSPS) is 15.9. The molecule has 5 rings (SSSR count). The second kappa shape index (κ2) is 12.0. The third-order valence-electron chi connectivity index (χ3n) is 8.51. The van der Waals surface area contributed by atoms with Crippen molar-refractivity contribution in [3.8, 4) is 16.9 Å². The van der Waals surface area contributed by atoms with Gasteiger partial charge in [0.2, 0.25) is 0 Å². The molecule has 2 aliphatic heterocycles. The summed E-state index contributed by atoms with van der Waals surface area (Å²) in [6, 6.07) is 3.00. The number of carboxylic acid groups (broad SMARTS) is 1. The molecule has 0 aliphatic carbocycles. The van der Waals surface area contributed by atoms with Gasteiger partial charge in [-0.2, -0.15) is 0 Å². The number of hydrogen-bond donors (Lipinski definition) is 1. The summed E-state index contributed by atoms with van der Waals surface area (Å²) in [5, 5.41) is 11.0. The summed E-state index contributed by atoms with van der Waals surface area (Å²) in [5.74, 6) is -1.74. The first-order valence-corrected chi connectivity index (χ1v) is 15.2. The Morgan fingerprint density at radius 1 is 1.09 bits per heavy atom. The fourth-order valence-corrected chi connectivity index (χ4v) is 6.32. The van der Waals surface area contributed by atoms with Crippen LogP contribution in [0.1, 0.15) is 66.2 Å². The lowest BCUT2D eigenvalue weighted by molar-refractivity contribution is -0.160. The van der Waals surface area contributed by atoms with Crippen LogP contribution in [0.2, 0.25) is 0 Å². The van der Waals surface area contributed by atoms with Crippen LogP contribution in [0.3, 0.4) is 0 Å². The summed E-state index contributed by atoms with van der Waals surface area (Å²) in [6.07, 6.45) is -0.0550. The average Bonchev–Trinajstić information content (AvgIpc) is 3.31. The molecule has 0 radical (unpaired) electrons. The molecule has 1 fully saturated rings. The van der Waals surface area contributed by atoms with E-state index in [2.05, 4.69) is 0 Å². The quantitative estimate of drug-likeness (QED) is 0.438. The topological polar surface area (TPSA) is 117 Å². The van der Waals surface area contributed by atoms with E-state index in [1.165, 1.54) is 11.0 Å². The van der Waals surface area contributed by atoms with Crippen molar-refractivity contribution in [3.63, 3.8) is 0 Å². The minimum absolute atomic E-state index is 0.105. The Morgan fingerprint density at radius 2 is 1.73 bits per heavy atom. The Hall–Kier alpha value is -4.19. The predicted molar refractivity (Wildman–Crippen MR) is 167 cm³/mol. The van der Waals surface area contributed by atoms with Crippen molar-refractivity contribution in [1.82, 2.24) is 24.3 Å². The maximum absolute atomic E-state index is 15.7. The maximum Gasteiger partial charge on any atom is 0.337 e. The second-order valence-corrected chi connectivity index (χ2v) is 13.0. The number of halogens is 1. The van der Waals surface area contributed by atoms with Crippen molar-refractivity contribution < 1.29 is 33.4 Å². The summed E-state index contributed by atoms with van der Waals surface area (Å²) in [6.45, 7) is 10.9. The molecule has 242 valence electrons. The molecule has 11 nitrogen and oxygen atoms in total. The summed E-state index contributed by atoms with van der Waals surface area (Å²) in [7, 11) is 5.13. The second-order valence-electron chi connectivity index (χ2n) is 13.0. The fraction of sp³-hybridized carbons (Fsp3) is 0.515. The van der Waals surface area contributed by atoms with Crippen LogP contribution in [0.15, 0.2) is 12.1 Å². The zero-order valence-corrected chi connectivity index (χ0v) is 27.3. The van der Waals surface area contributed by atoms with Crippen molar-refractivity contribution in [3.05, 3.63) is 46.0 Å². The average molecular weight is 624 g/mol. The van der Waals surface area contributed by atoms with Gasteiger partial charge in [0.05, 0.1) is 12.2 Å². The molecule has 4 heterocycles. The molecule has 0 saturated carbocycles. The lowest BCUT2D eigenvalue weighted by Crippen LogP contribution is -2.53. The van der Waals surface area contributed by atoms with E-state index in [1.54, 1.807) is 69.3 Å². The molecule has 1 aromatic carbocycles. The molecule has 1 atom stereocenters. The van der Waals surface area contributed by atoms with Gasteiger partial charge in [-0.3, -0.25) is 4.79 Å². The number of carbonyl (C=O) groups is 3. The van der Waals surface area contributed by atoms with Crippen LogP contribution < -0.4 is 4.74 Å². The molecule has 0 spiro atoms. The van der Waals surface area contributed by atoms with E-state index in [9.17, 15) is 19.5 Å². The van der Waals surface area contributed by atoms with E-state index < -0.39 is 23.5 Å². The zero-order valence-electron chi connectivity index (χ0n) is 27.3. The number of ether oxygens (including phenoxy) is 2. The van der Waals surface area contributed by atoms with Gasteiger partial charge in [0.15, 0.2) is 17.7 Å². The van der Waals surface area contributed by atoms with Gasteiger partial charge < -0.3 is 33.8 Å². The van der Waals surface area contributed by atoms with E-state index in [0.717, 1.165) is 17.5 Å². The largest absolute Gasteiger partial charge is 0.490 e. The highest BCUT2D eigenvalue weighted by Crippen LogP contribution is 2.45. The number of aliphatic carboxylic acids is 1. The van der Waals surface area contributed by atoms with Crippen LogP contribution in [0.4, 0.5) is 9.18 Å². The van der Waals surface area contributed by atoms with Crippen molar-refractivity contribution in [2.24, 2.45) is 7.05 Å². The highest BCUT2D eigenvalue weighted by molar-refractivity contribution is 6.05. The molecular weight excluding hydrogens is 581 g/mol. The summed E-state index contributed by atoms with van der Waals surface area (Å²) >= 11 is 0. The monoisotopic (exact) mass is 623 g/mol. The zero-order chi connectivity index (χ0) is 33.0. The Labute approximate surface area is 262 Å². The van der Waals surface area contributed by atoms with Crippen molar-refractivity contribution in [2.75, 3.05) is 46.9 Å². The van der Waals surface area contributed by atoms with Crippen LogP contribution in [0, 0.1) is 19.7 Å². The van der Waals surface area contributed by atoms with E-state index in [4.69, 9.17) is 14.5 Å². The Bertz CT molecular complexity index is 1680. The van der Waals surface area contributed by atoms with Gasteiger partial charge in [0, 0.05) is 75.1 Å². The molecule has 45 heavy (non-hydrogen) atoms. The molecule has 1 N–H and O–H groups in total. The molecule has 3 aromatic rings. The van der Waals surface area contributed by atoms with E-state index in [-0.39, 0.29) is 17.7 Å². The molecule has 2 aromatic heterocycles. The lowest BCUT2D eigenvalue weighted by Gasteiger charge is -2.35. The van der Waals surface area contributed by atoms with E-state index in [0.29, 0.717) is 78.3 Å². The number of fused-ring (bicyclic) bond motifs is 2. The Balaban J connectivity index is 1.71. The minimum atomic E-state index is -1.41. The van der Waals surface area contributed by atoms with Crippen LogP contribution in [-0.4, -0.2) is 99.7 Å². The molecule has 0 unspecified atom stereocenters. The summed E-state index contributed by atoms with van der Waals surface area (Å²) in [4.78, 5) is 48.9. The third kappa shape index (κ3) is 5.95. The SMILES string of the molecule is Cc1nc2c(cc(C(=O)N3CCN(C(=O)N(C)C)CC3)n2C)c(-c2cc(F)c3c(c2C)CCCO3)c1[C@H](OC(C)(C)C)C(=O)O. The van der Waals surface area contributed by atoms with Gasteiger partial charge in [-0.05, 0) is 70.7 Å². The Morgan fingerprint density at radius 3 is 2.33 bits per heavy atom. The van der Waals surface area contributed by atoms with Gasteiger partial charge >= 0.3 is 12.0 Å². The molecule has 12 heteroatoms. The number of urea groups is 1. The van der Waals surface area contributed by atoms with Gasteiger partial charge in [0.25, 0.3) is 5.91 Å². The minimum Gasteiger partial charge on any atom is -0.490 e. The van der Waals surface area contributed by atoms with Gasteiger partial charge in [-0.1, -0.05) is 0 Å². The number of benzene rings is 1. The Kier molecular flexibility index (Phi) is 8.56. The highest BCUT2D eigenvalue weighted by Gasteiger charge is 2.35. The number of pyridine rings is 1. The molecule has 2 aliphatic rings.